The summed E-state index contributed by atoms with van der Waals surface area (Å²) in [6.07, 6.45) is 0. The summed E-state index contributed by atoms with van der Waals surface area (Å²) < 4.78 is 37.4. The van der Waals surface area contributed by atoms with E-state index in [4.69, 9.17) is 9.15 Å². The van der Waals surface area contributed by atoms with Crippen molar-refractivity contribution in [1.82, 2.24) is 9.97 Å². The fourth-order valence-electron chi connectivity index (χ4n) is 3.53. The van der Waals surface area contributed by atoms with Gasteiger partial charge in [-0.25, -0.2) is 18.4 Å². The SMILES string of the molecule is COc1cc(-c2cc(-c3cc4ccccc4o3)nc(SS(=O)(=O)c3ccc(C)cc3)n2)ccc1O. The summed E-state index contributed by atoms with van der Waals surface area (Å²) in [6.45, 7) is 1.89. The van der Waals surface area contributed by atoms with E-state index in [2.05, 4.69) is 9.97 Å². The highest BCUT2D eigenvalue weighted by atomic mass is 33.1. The number of fused-ring (bicyclic) bond motifs is 1. The van der Waals surface area contributed by atoms with Gasteiger partial charge in [0.2, 0.25) is 14.0 Å². The minimum absolute atomic E-state index is 0.0145. The molecule has 35 heavy (non-hydrogen) atoms. The van der Waals surface area contributed by atoms with E-state index in [1.807, 2.05) is 37.3 Å². The standard InChI is InChI=1S/C26H20N2O5S2/c1-16-7-10-19(11-8-16)35(30,31)34-26-27-20(17-9-12-22(29)25(13-17)32-2)15-21(28-26)24-14-18-5-3-4-6-23(18)33-24/h3-15,29H,1-2H3. The second-order valence-electron chi connectivity index (χ2n) is 7.81. The predicted molar refractivity (Wildman–Crippen MR) is 135 cm³/mol. The van der Waals surface area contributed by atoms with Gasteiger partial charge in [0.05, 0.1) is 28.5 Å². The molecule has 9 heteroatoms. The molecule has 0 aliphatic carbocycles. The van der Waals surface area contributed by atoms with Crippen LogP contribution in [0, 0.1) is 6.92 Å². The van der Waals surface area contributed by atoms with E-state index in [0.29, 0.717) is 39.1 Å². The molecule has 5 rings (SSSR count). The van der Waals surface area contributed by atoms with E-state index in [1.165, 1.54) is 13.2 Å². The van der Waals surface area contributed by atoms with Crippen LogP contribution in [-0.4, -0.2) is 30.6 Å². The molecule has 176 valence electrons. The van der Waals surface area contributed by atoms with Gasteiger partial charge in [-0.3, -0.25) is 0 Å². The summed E-state index contributed by atoms with van der Waals surface area (Å²) in [6, 6.07) is 22.5. The molecule has 2 heterocycles. The molecule has 0 aliphatic rings. The number of hydrogen-bond acceptors (Lipinski definition) is 8. The number of methoxy groups -OCH3 is 1. The molecule has 0 aliphatic heterocycles. The van der Waals surface area contributed by atoms with Crippen molar-refractivity contribution in [1.29, 1.82) is 0 Å². The molecule has 3 aromatic carbocycles. The summed E-state index contributed by atoms with van der Waals surface area (Å²) >= 11 is 0. The minimum Gasteiger partial charge on any atom is -0.504 e. The monoisotopic (exact) mass is 504 g/mol. The van der Waals surface area contributed by atoms with E-state index in [9.17, 15) is 13.5 Å². The van der Waals surface area contributed by atoms with Crippen LogP contribution in [0.25, 0.3) is 33.7 Å². The Hall–Kier alpha value is -3.82. The average molecular weight is 505 g/mol. The van der Waals surface area contributed by atoms with Gasteiger partial charge in [0.1, 0.15) is 11.3 Å². The first kappa shape index (κ1) is 22.9. The number of aromatic nitrogens is 2. The number of phenols is 1. The maximum Gasteiger partial charge on any atom is 0.237 e. The molecular formula is C26H20N2O5S2. The number of aromatic hydroxyl groups is 1. The van der Waals surface area contributed by atoms with E-state index >= 15 is 0 Å². The van der Waals surface area contributed by atoms with Gasteiger partial charge in [-0.15, -0.1) is 0 Å². The van der Waals surface area contributed by atoms with E-state index in [1.54, 1.807) is 42.5 Å². The lowest BCUT2D eigenvalue weighted by Gasteiger charge is -2.10. The number of ether oxygens (including phenoxy) is 1. The minimum atomic E-state index is -3.78. The van der Waals surface area contributed by atoms with Crippen molar-refractivity contribution in [2.24, 2.45) is 0 Å². The Labute approximate surface area is 205 Å². The number of hydrogen-bond donors (Lipinski definition) is 1. The molecule has 0 saturated carbocycles. The number of nitrogens with zero attached hydrogens (tertiary/aromatic N) is 2. The van der Waals surface area contributed by atoms with Gasteiger partial charge >= 0.3 is 0 Å². The number of aryl methyl sites for hydroxylation is 1. The lowest BCUT2D eigenvalue weighted by atomic mass is 10.1. The van der Waals surface area contributed by atoms with E-state index in [0.717, 1.165) is 10.9 Å². The van der Waals surface area contributed by atoms with Crippen LogP contribution in [0.15, 0.2) is 93.3 Å². The molecule has 0 unspecified atom stereocenters. The van der Waals surface area contributed by atoms with Crippen molar-refractivity contribution in [2.45, 2.75) is 17.0 Å². The maximum absolute atomic E-state index is 13.1. The summed E-state index contributed by atoms with van der Waals surface area (Å²) in [7, 11) is -1.75. The quantitative estimate of drug-likeness (QED) is 0.220. The van der Waals surface area contributed by atoms with Crippen LogP contribution in [0.4, 0.5) is 0 Å². The van der Waals surface area contributed by atoms with Crippen LogP contribution >= 0.6 is 10.8 Å². The van der Waals surface area contributed by atoms with Gasteiger partial charge in [-0.1, -0.05) is 35.9 Å². The highest BCUT2D eigenvalue weighted by Gasteiger charge is 2.21. The lowest BCUT2D eigenvalue weighted by molar-refractivity contribution is 0.373. The Morgan fingerprint density at radius 2 is 1.66 bits per heavy atom. The lowest BCUT2D eigenvalue weighted by Crippen LogP contribution is -2.00. The third-order valence-corrected chi connectivity index (χ3v) is 8.44. The highest BCUT2D eigenvalue weighted by Crippen LogP contribution is 2.36. The zero-order chi connectivity index (χ0) is 24.6. The van der Waals surface area contributed by atoms with E-state index in [-0.39, 0.29) is 21.6 Å². The molecular weight excluding hydrogens is 484 g/mol. The summed E-state index contributed by atoms with van der Waals surface area (Å²) in [5, 5.41) is 10.9. The fourth-order valence-corrected chi connectivity index (χ4v) is 6.00. The van der Waals surface area contributed by atoms with Crippen LogP contribution in [0.3, 0.4) is 0 Å². The van der Waals surface area contributed by atoms with Crippen LogP contribution in [0.2, 0.25) is 0 Å². The van der Waals surface area contributed by atoms with Crippen molar-refractivity contribution in [3.05, 3.63) is 84.4 Å². The number of para-hydroxylation sites is 1. The Kier molecular flexibility index (Phi) is 5.96. The molecule has 0 radical (unpaired) electrons. The molecule has 0 bridgehead atoms. The van der Waals surface area contributed by atoms with Gasteiger partial charge < -0.3 is 14.3 Å². The van der Waals surface area contributed by atoms with Crippen LogP contribution in [0.1, 0.15) is 5.56 Å². The van der Waals surface area contributed by atoms with E-state index < -0.39 is 8.87 Å². The second kappa shape index (κ2) is 9.09. The normalized spacial score (nSPS) is 11.6. The molecule has 0 atom stereocenters. The van der Waals surface area contributed by atoms with Gasteiger partial charge in [0.25, 0.3) is 0 Å². The molecule has 0 saturated heterocycles. The maximum atomic E-state index is 13.1. The average Bonchev–Trinajstić information content (AvgIpc) is 3.29. The highest BCUT2D eigenvalue weighted by molar-refractivity contribution is 8.72. The third-order valence-electron chi connectivity index (χ3n) is 5.35. The zero-order valence-electron chi connectivity index (χ0n) is 18.8. The van der Waals surface area contributed by atoms with Gasteiger partial charge in [-0.05, 0) is 55.5 Å². The van der Waals surface area contributed by atoms with Crippen LogP contribution < -0.4 is 4.74 Å². The Balaban J connectivity index is 1.64. The molecule has 5 aromatic rings. The topological polar surface area (TPSA) is 103 Å². The first-order chi connectivity index (χ1) is 16.8. The van der Waals surface area contributed by atoms with Crippen molar-refractivity contribution in [2.75, 3.05) is 7.11 Å². The van der Waals surface area contributed by atoms with Crippen LogP contribution in [-0.2, 0) is 8.87 Å². The Morgan fingerprint density at radius 1 is 0.914 bits per heavy atom. The van der Waals surface area contributed by atoms with Crippen molar-refractivity contribution < 1.29 is 22.7 Å². The zero-order valence-corrected chi connectivity index (χ0v) is 20.4. The predicted octanol–water partition coefficient (Wildman–Crippen LogP) is 6.06. The largest absolute Gasteiger partial charge is 0.504 e. The number of furan rings is 1. The van der Waals surface area contributed by atoms with Crippen molar-refractivity contribution in [3.63, 3.8) is 0 Å². The molecule has 0 fully saturated rings. The summed E-state index contributed by atoms with van der Waals surface area (Å²) in [5.74, 6) is 0.738. The first-order valence-electron chi connectivity index (χ1n) is 10.6. The third kappa shape index (κ3) is 4.73. The fraction of sp³-hybridized carbons (Fsp3) is 0.0769. The number of phenolic OH excluding ortho intramolecular Hbond substituents is 1. The number of rotatable bonds is 6. The molecule has 7 nitrogen and oxygen atoms in total. The molecule has 2 aromatic heterocycles. The summed E-state index contributed by atoms with van der Waals surface area (Å²) in [5.41, 5.74) is 3.15. The Bertz CT molecular complexity index is 1610. The molecule has 0 amide bonds. The van der Waals surface area contributed by atoms with Crippen molar-refractivity contribution in [3.8, 4) is 34.2 Å². The molecule has 1 N–H and O–H groups in total. The van der Waals surface area contributed by atoms with Gasteiger partial charge in [0, 0.05) is 10.9 Å². The smallest absolute Gasteiger partial charge is 0.237 e. The van der Waals surface area contributed by atoms with Gasteiger partial charge in [-0.2, -0.15) is 0 Å². The van der Waals surface area contributed by atoms with Gasteiger partial charge in [0.15, 0.2) is 17.3 Å². The van der Waals surface area contributed by atoms with Crippen molar-refractivity contribution >= 4 is 30.6 Å². The second-order valence-corrected chi connectivity index (χ2v) is 11.5. The Morgan fingerprint density at radius 3 is 2.40 bits per heavy atom. The number of benzene rings is 3. The molecule has 0 spiro atoms. The first-order valence-corrected chi connectivity index (χ1v) is 13.4. The van der Waals surface area contributed by atoms with Crippen LogP contribution in [0.5, 0.6) is 11.5 Å². The summed E-state index contributed by atoms with van der Waals surface area (Å²) in [4.78, 5) is 9.19.